The lowest BCUT2D eigenvalue weighted by atomic mass is 9.93. The van der Waals surface area contributed by atoms with Gasteiger partial charge in [-0.1, -0.05) is 18.2 Å². The second kappa shape index (κ2) is 7.08. The highest BCUT2D eigenvalue weighted by molar-refractivity contribution is 5.37. The van der Waals surface area contributed by atoms with E-state index < -0.39 is 0 Å². The molecule has 0 amide bonds. The number of hydrogen-bond acceptors (Lipinski definition) is 2. The third kappa shape index (κ3) is 3.51. The molecule has 18 heavy (non-hydrogen) atoms. The molecule has 1 heterocycles. The van der Waals surface area contributed by atoms with E-state index in [2.05, 4.69) is 29.4 Å². The molecule has 1 aliphatic rings. The summed E-state index contributed by atoms with van der Waals surface area (Å²) in [6, 6.07) is 8.37. The molecular formula is C16H21NO. The molecule has 2 heteroatoms. The number of rotatable bonds is 6. The molecule has 0 aromatic heterocycles. The fourth-order valence-corrected chi connectivity index (χ4v) is 2.38. The van der Waals surface area contributed by atoms with Gasteiger partial charge in [-0.15, -0.1) is 12.3 Å². The van der Waals surface area contributed by atoms with E-state index >= 15 is 0 Å². The van der Waals surface area contributed by atoms with Crippen molar-refractivity contribution in [3.63, 3.8) is 0 Å². The molecule has 0 aliphatic carbocycles. The second-order valence-corrected chi connectivity index (χ2v) is 4.74. The Balaban J connectivity index is 1.76. The van der Waals surface area contributed by atoms with Crippen molar-refractivity contribution >= 4 is 0 Å². The lowest BCUT2D eigenvalue weighted by molar-refractivity contribution is 0.264. The van der Waals surface area contributed by atoms with Crippen molar-refractivity contribution in [3.8, 4) is 18.1 Å². The number of fused-ring (bicyclic) bond motifs is 1. The molecule has 1 aromatic carbocycles. The third-order valence-electron chi connectivity index (χ3n) is 3.40. The number of para-hydroxylation sites is 1. The second-order valence-electron chi connectivity index (χ2n) is 4.74. The SMILES string of the molecule is C#CCCCCNCC1CCOc2ccccc21. The van der Waals surface area contributed by atoms with E-state index in [0.717, 1.165) is 51.1 Å². The van der Waals surface area contributed by atoms with Crippen LogP contribution in [0.25, 0.3) is 0 Å². The predicted octanol–water partition coefficient (Wildman–Crippen LogP) is 2.95. The van der Waals surface area contributed by atoms with Crippen molar-refractivity contribution in [1.82, 2.24) is 5.32 Å². The number of terminal acetylenes is 1. The molecule has 0 bridgehead atoms. The molecule has 0 radical (unpaired) electrons. The van der Waals surface area contributed by atoms with E-state index in [4.69, 9.17) is 11.2 Å². The Kier molecular flexibility index (Phi) is 5.11. The summed E-state index contributed by atoms with van der Waals surface area (Å²) in [5, 5.41) is 3.53. The van der Waals surface area contributed by atoms with E-state index in [-0.39, 0.29) is 0 Å². The van der Waals surface area contributed by atoms with Crippen LogP contribution >= 0.6 is 0 Å². The molecule has 1 aliphatic heterocycles. The van der Waals surface area contributed by atoms with Crippen molar-refractivity contribution in [2.45, 2.75) is 31.6 Å². The highest BCUT2D eigenvalue weighted by Crippen LogP contribution is 2.32. The molecule has 1 atom stereocenters. The summed E-state index contributed by atoms with van der Waals surface area (Å²) in [7, 11) is 0. The van der Waals surface area contributed by atoms with Crippen LogP contribution in [0.3, 0.4) is 0 Å². The Bertz CT molecular complexity index is 408. The lowest BCUT2D eigenvalue weighted by Crippen LogP contribution is -2.26. The maximum atomic E-state index is 5.66. The van der Waals surface area contributed by atoms with Crippen molar-refractivity contribution in [3.05, 3.63) is 29.8 Å². The Morgan fingerprint density at radius 3 is 3.11 bits per heavy atom. The summed E-state index contributed by atoms with van der Waals surface area (Å²) < 4.78 is 5.66. The average Bonchev–Trinajstić information content (AvgIpc) is 2.43. The molecule has 2 rings (SSSR count). The van der Waals surface area contributed by atoms with Crippen molar-refractivity contribution in [1.29, 1.82) is 0 Å². The van der Waals surface area contributed by atoms with Gasteiger partial charge < -0.3 is 10.1 Å². The molecule has 0 saturated carbocycles. The van der Waals surface area contributed by atoms with Gasteiger partial charge >= 0.3 is 0 Å². The van der Waals surface area contributed by atoms with E-state index in [9.17, 15) is 0 Å². The van der Waals surface area contributed by atoms with Crippen LogP contribution in [0.4, 0.5) is 0 Å². The van der Waals surface area contributed by atoms with E-state index in [1.165, 1.54) is 5.56 Å². The quantitative estimate of drug-likeness (QED) is 0.612. The summed E-state index contributed by atoms with van der Waals surface area (Å²) in [5.41, 5.74) is 1.35. The van der Waals surface area contributed by atoms with Gasteiger partial charge in [0.2, 0.25) is 0 Å². The lowest BCUT2D eigenvalue weighted by Gasteiger charge is -2.26. The Labute approximate surface area is 110 Å². The standard InChI is InChI=1S/C16H21NO/c1-2-3-4-7-11-17-13-14-10-12-18-16-9-6-5-8-15(14)16/h1,5-6,8-9,14,17H,3-4,7,10-13H2. The van der Waals surface area contributed by atoms with Gasteiger partial charge in [0.25, 0.3) is 0 Å². The van der Waals surface area contributed by atoms with E-state index in [1.54, 1.807) is 0 Å². The fraction of sp³-hybridized carbons (Fsp3) is 0.500. The molecule has 1 aromatic rings. The van der Waals surface area contributed by atoms with Gasteiger partial charge in [-0.2, -0.15) is 0 Å². The minimum atomic E-state index is 0.586. The maximum absolute atomic E-state index is 5.66. The largest absolute Gasteiger partial charge is 0.493 e. The van der Waals surface area contributed by atoms with Crippen LogP contribution in [0.5, 0.6) is 5.75 Å². The normalized spacial score (nSPS) is 17.6. The van der Waals surface area contributed by atoms with Crippen LogP contribution in [0.15, 0.2) is 24.3 Å². The van der Waals surface area contributed by atoms with Crippen LogP contribution in [0.2, 0.25) is 0 Å². The summed E-state index contributed by atoms with van der Waals surface area (Å²) >= 11 is 0. The van der Waals surface area contributed by atoms with Crippen molar-refractivity contribution < 1.29 is 4.74 Å². The van der Waals surface area contributed by atoms with Crippen LogP contribution in [-0.2, 0) is 0 Å². The number of benzene rings is 1. The highest BCUT2D eigenvalue weighted by Gasteiger charge is 2.20. The number of ether oxygens (including phenoxy) is 1. The molecular weight excluding hydrogens is 222 g/mol. The molecule has 2 nitrogen and oxygen atoms in total. The predicted molar refractivity (Wildman–Crippen MR) is 74.8 cm³/mol. The van der Waals surface area contributed by atoms with Crippen molar-refractivity contribution in [2.24, 2.45) is 0 Å². The monoisotopic (exact) mass is 243 g/mol. The zero-order valence-electron chi connectivity index (χ0n) is 10.8. The van der Waals surface area contributed by atoms with Gasteiger partial charge in [-0.05, 0) is 37.4 Å². The van der Waals surface area contributed by atoms with Crippen LogP contribution < -0.4 is 10.1 Å². The summed E-state index contributed by atoms with van der Waals surface area (Å²) in [6.45, 7) is 2.93. The minimum Gasteiger partial charge on any atom is -0.493 e. The average molecular weight is 243 g/mol. The first-order valence-corrected chi connectivity index (χ1v) is 6.77. The van der Waals surface area contributed by atoms with Gasteiger partial charge in [0.05, 0.1) is 6.61 Å². The smallest absolute Gasteiger partial charge is 0.122 e. The Morgan fingerprint density at radius 1 is 1.33 bits per heavy atom. The maximum Gasteiger partial charge on any atom is 0.122 e. The summed E-state index contributed by atoms with van der Waals surface area (Å²) in [4.78, 5) is 0. The van der Waals surface area contributed by atoms with Crippen LogP contribution in [0.1, 0.15) is 37.2 Å². The van der Waals surface area contributed by atoms with Gasteiger partial charge in [0, 0.05) is 18.9 Å². The number of nitrogens with one attached hydrogen (secondary N) is 1. The van der Waals surface area contributed by atoms with Crippen molar-refractivity contribution in [2.75, 3.05) is 19.7 Å². The third-order valence-corrected chi connectivity index (χ3v) is 3.40. The molecule has 0 spiro atoms. The van der Waals surface area contributed by atoms with Gasteiger partial charge in [0.1, 0.15) is 5.75 Å². The van der Waals surface area contributed by atoms with E-state index in [0.29, 0.717) is 5.92 Å². The Morgan fingerprint density at radius 2 is 2.22 bits per heavy atom. The van der Waals surface area contributed by atoms with Crippen LogP contribution in [0, 0.1) is 12.3 Å². The summed E-state index contributed by atoms with van der Waals surface area (Å²) in [6.07, 6.45) is 9.51. The molecule has 1 N–H and O–H groups in total. The Hall–Kier alpha value is -1.46. The molecule has 96 valence electrons. The highest BCUT2D eigenvalue weighted by atomic mass is 16.5. The first-order chi connectivity index (χ1) is 8.92. The molecule has 0 saturated heterocycles. The first-order valence-electron chi connectivity index (χ1n) is 6.77. The number of unbranched alkanes of at least 4 members (excludes halogenated alkanes) is 2. The molecule has 1 unspecified atom stereocenters. The summed E-state index contributed by atoms with van der Waals surface area (Å²) in [5.74, 6) is 4.32. The topological polar surface area (TPSA) is 21.3 Å². The van der Waals surface area contributed by atoms with E-state index in [1.807, 2.05) is 6.07 Å². The zero-order chi connectivity index (χ0) is 12.6. The number of hydrogen-bond donors (Lipinski definition) is 1. The first kappa shape index (κ1) is 13.0. The molecule has 0 fully saturated rings. The minimum absolute atomic E-state index is 0.586. The van der Waals surface area contributed by atoms with Gasteiger partial charge in [0.15, 0.2) is 0 Å². The van der Waals surface area contributed by atoms with Gasteiger partial charge in [-0.25, -0.2) is 0 Å². The van der Waals surface area contributed by atoms with Crippen LogP contribution in [-0.4, -0.2) is 19.7 Å². The fourth-order valence-electron chi connectivity index (χ4n) is 2.38. The zero-order valence-corrected chi connectivity index (χ0v) is 10.8. The van der Waals surface area contributed by atoms with Gasteiger partial charge in [-0.3, -0.25) is 0 Å².